The Labute approximate surface area is 113 Å². The van der Waals surface area contributed by atoms with Gasteiger partial charge < -0.3 is 5.73 Å². The van der Waals surface area contributed by atoms with Gasteiger partial charge in [-0.3, -0.25) is 0 Å². The fourth-order valence-electron chi connectivity index (χ4n) is 2.05. The summed E-state index contributed by atoms with van der Waals surface area (Å²) in [5, 5.41) is 4.71. The summed E-state index contributed by atoms with van der Waals surface area (Å²) in [5.74, 6) is 0.516. The number of rotatable bonds is 4. The molecule has 0 bridgehead atoms. The van der Waals surface area contributed by atoms with E-state index in [0.717, 1.165) is 12.8 Å². The van der Waals surface area contributed by atoms with E-state index in [1.807, 2.05) is 0 Å². The van der Waals surface area contributed by atoms with Gasteiger partial charge in [-0.1, -0.05) is 49.2 Å². The van der Waals surface area contributed by atoms with Crippen LogP contribution in [-0.2, 0) is 6.42 Å². The summed E-state index contributed by atoms with van der Waals surface area (Å²) in [6.07, 6.45) is 3.86. The van der Waals surface area contributed by atoms with Gasteiger partial charge in [0, 0.05) is 0 Å². The third-order valence-electron chi connectivity index (χ3n) is 3.15. The molecule has 1 unspecified atom stereocenters. The standard InChI is InChI=1S/C14H18ClN3/c1-3-4-11-5-7-12(8-6-11)10(2)18-14(16)13(15)9-17-18/h5-10H,3-4,16H2,1-2H3. The summed E-state index contributed by atoms with van der Waals surface area (Å²) in [7, 11) is 0. The van der Waals surface area contributed by atoms with Crippen LogP contribution >= 0.6 is 11.6 Å². The molecule has 18 heavy (non-hydrogen) atoms. The molecule has 3 nitrogen and oxygen atoms in total. The molecule has 1 aromatic heterocycles. The van der Waals surface area contributed by atoms with Crippen molar-refractivity contribution < 1.29 is 0 Å². The summed E-state index contributed by atoms with van der Waals surface area (Å²) in [5.41, 5.74) is 8.43. The van der Waals surface area contributed by atoms with Gasteiger partial charge in [-0.25, -0.2) is 4.68 Å². The number of aromatic nitrogens is 2. The summed E-state index contributed by atoms with van der Waals surface area (Å²) in [6.45, 7) is 4.25. The maximum Gasteiger partial charge on any atom is 0.141 e. The van der Waals surface area contributed by atoms with Gasteiger partial charge in [0.25, 0.3) is 0 Å². The van der Waals surface area contributed by atoms with Crippen molar-refractivity contribution in [2.24, 2.45) is 0 Å². The number of nitrogens with zero attached hydrogens (tertiary/aromatic N) is 2. The lowest BCUT2D eigenvalue weighted by molar-refractivity contribution is 0.573. The third kappa shape index (κ3) is 2.51. The number of halogens is 1. The van der Waals surface area contributed by atoms with Crippen LogP contribution in [0.25, 0.3) is 0 Å². The molecule has 0 saturated heterocycles. The maximum absolute atomic E-state index is 5.92. The van der Waals surface area contributed by atoms with Gasteiger partial charge in [0.05, 0.1) is 12.2 Å². The maximum atomic E-state index is 5.92. The molecule has 0 radical (unpaired) electrons. The first-order chi connectivity index (χ1) is 8.63. The Kier molecular flexibility index (Phi) is 3.92. The highest BCUT2D eigenvalue weighted by Gasteiger charge is 2.13. The normalized spacial score (nSPS) is 12.6. The molecule has 96 valence electrons. The topological polar surface area (TPSA) is 43.8 Å². The van der Waals surface area contributed by atoms with Crippen molar-refractivity contribution in [3.63, 3.8) is 0 Å². The number of hydrogen-bond acceptors (Lipinski definition) is 2. The molecular weight excluding hydrogens is 246 g/mol. The monoisotopic (exact) mass is 263 g/mol. The molecule has 1 aromatic carbocycles. The summed E-state index contributed by atoms with van der Waals surface area (Å²) >= 11 is 5.92. The van der Waals surface area contributed by atoms with Crippen molar-refractivity contribution in [2.45, 2.75) is 32.7 Å². The number of benzene rings is 1. The molecule has 0 aliphatic carbocycles. The van der Waals surface area contributed by atoms with Gasteiger partial charge in [0.2, 0.25) is 0 Å². The van der Waals surface area contributed by atoms with Crippen LogP contribution in [-0.4, -0.2) is 9.78 Å². The number of aryl methyl sites for hydroxylation is 1. The molecular formula is C14H18ClN3. The molecule has 1 heterocycles. The second kappa shape index (κ2) is 5.44. The van der Waals surface area contributed by atoms with Gasteiger partial charge in [-0.2, -0.15) is 5.10 Å². The van der Waals surface area contributed by atoms with Gasteiger partial charge in [-0.05, 0) is 24.5 Å². The molecule has 0 fully saturated rings. The summed E-state index contributed by atoms with van der Waals surface area (Å²) in [4.78, 5) is 0. The molecule has 2 aromatic rings. The zero-order valence-electron chi connectivity index (χ0n) is 10.7. The smallest absolute Gasteiger partial charge is 0.141 e. The number of nitrogens with two attached hydrogens (primary N) is 1. The Morgan fingerprint density at radius 2 is 2.00 bits per heavy atom. The van der Waals surface area contributed by atoms with Crippen LogP contribution in [0.3, 0.4) is 0 Å². The van der Waals surface area contributed by atoms with Crippen molar-refractivity contribution >= 4 is 17.4 Å². The predicted molar refractivity (Wildman–Crippen MR) is 75.9 cm³/mol. The van der Waals surface area contributed by atoms with E-state index in [2.05, 4.69) is 43.2 Å². The minimum atomic E-state index is 0.0909. The van der Waals surface area contributed by atoms with Crippen LogP contribution in [0.1, 0.15) is 37.4 Å². The predicted octanol–water partition coefficient (Wildman–Crippen LogP) is 3.68. The van der Waals surface area contributed by atoms with Gasteiger partial charge in [0.1, 0.15) is 10.8 Å². The van der Waals surface area contributed by atoms with Gasteiger partial charge in [-0.15, -0.1) is 0 Å². The van der Waals surface area contributed by atoms with E-state index in [9.17, 15) is 0 Å². The molecule has 2 rings (SSSR count). The largest absolute Gasteiger partial charge is 0.383 e. The van der Waals surface area contributed by atoms with Crippen LogP contribution in [0.4, 0.5) is 5.82 Å². The molecule has 0 aliphatic rings. The van der Waals surface area contributed by atoms with E-state index in [4.69, 9.17) is 17.3 Å². The van der Waals surface area contributed by atoms with Crippen molar-refractivity contribution in [1.29, 1.82) is 0 Å². The van der Waals surface area contributed by atoms with Gasteiger partial charge in [0.15, 0.2) is 0 Å². The Morgan fingerprint density at radius 1 is 1.33 bits per heavy atom. The first-order valence-corrected chi connectivity index (χ1v) is 6.58. The Balaban J connectivity index is 2.23. The lowest BCUT2D eigenvalue weighted by atomic mass is 10.0. The molecule has 4 heteroatoms. The highest BCUT2D eigenvalue weighted by molar-refractivity contribution is 6.32. The molecule has 0 amide bonds. The first kappa shape index (κ1) is 13.0. The van der Waals surface area contributed by atoms with Crippen molar-refractivity contribution in [3.05, 3.63) is 46.6 Å². The Morgan fingerprint density at radius 3 is 2.50 bits per heavy atom. The SMILES string of the molecule is CCCc1ccc(C(C)n2ncc(Cl)c2N)cc1. The van der Waals surface area contributed by atoms with Crippen LogP contribution in [0.15, 0.2) is 30.5 Å². The fraction of sp³-hybridized carbons (Fsp3) is 0.357. The van der Waals surface area contributed by atoms with E-state index in [-0.39, 0.29) is 6.04 Å². The quantitative estimate of drug-likeness (QED) is 0.914. The van der Waals surface area contributed by atoms with Crippen LogP contribution in [0.2, 0.25) is 5.02 Å². The van der Waals surface area contributed by atoms with Crippen molar-refractivity contribution in [3.8, 4) is 0 Å². The van der Waals surface area contributed by atoms with E-state index in [1.165, 1.54) is 11.1 Å². The average molecular weight is 264 g/mol. The average Bonchev–Trinajstić information content (AvgIpc) is 2.71. The zero-order valence-corrected chi connectivity index (χ0v) is 11.5. The van der Waals surface area contributed by atoms with Crippen molar-refractivity contribution in [2.75, 3.05) is 5.73 Å². The molecule has 0 spiro atoms. The lowest BCUT2D eigenvalue weighted by Gasteiger charge is -2.14. The molecule has 1 atom stereocenters. The van der Waals surface area contributed by atoms with Gasteiger partial charge >= 0.3 is 0 Å². The van der Waals surface area contributed by atoms with E-state index >= 15 is 0 Å². The summed E-state index contributed by atoms with van der Waals surface area (Å²) in [6, 6.07) is 8.68. The number of anilines is 1. The molecule has 0 saturated carbocycles. The van der Waals surface area contributed by atoms with Crippen LogP contribution in [0, 0.1) is 0 Å². The fourth-order valence-corrected chi connectivity index (χ4v) is 2.18. The van der Waals surface area contributed by atoms with Crippen LogP contribution < -0.4 is 5.73 Å². The number of nitrogen functional groups attached to an aromatic ring is 1. The lowest BCUT2D eigenvalue weighted by Crippen LogP contribution is -2.11. The summed E-state index contributed by atoms with van der Waals surface area (Å²) < 4.78 is 1.75. The van der Waals surface area contributed by atoms with E-state index < -0.39 is 0 Å². The van der Waals surface area contributed by atoms with Crippen molar-refractivity contribution in [1.82, 2.24) is 9.78 Å². The first-order valence-electron chi connectivity index (χ1n) is 6.20. The Hall–Kier alpha value is -1.48. The minimum Gasteiger partial charge on any atom is -0.383 e. The number of hydrogen-bond donors (Lipinski definition) is 1. The third-order valence-corrected chi connectivity index (χ3v) is 3.45. The highest BCUT2D eigenvalue weighted by atomic mass is 35.5. The Bertz CT molecular complexity index is 516. The van der Waals surface area contributed by atoms with E-state index in [1.54, 1.807) is 10.9 Å². The second-order valence-corrected chi connectivity index (χ2v) is 4.90. The van der Waals surface area contributed by atoms with E-state index in [0.29, 0.717) is 10.8 Å². The molecule has 0 aliphatic heterocycles. The zero-order chi connectivity index (χ0) is 13.1. The minimum absolute atomic E-state index is 0.0909. The second-order valence-electron chi connectivity index (χ2n) is 4.49. The van der Waals surface area contributed by atoms with Crippen LogP contribution in [0.5, 0.6) is 0 Å². The highest BCUT2D eigenvalue weighted by Crippen LogP contribution is 2.25. The molecule has 2 N–H and O–H groups in total.